The molecule has 0 bridgehead atoms. The van der Waals surface area contributed by atoms with Crippen LogP contribution in [0.15, 0.2) is 0 Å². The van der Waals surface area contributed by atoms with E-state index in [0.717, 1.165) is 5.39 Å². The van der Waals surface area contributed by atoms with Gasteiger partial charge < -0.3 is 0 Å². The van der Waals surface area contributed by atoms with Crippen LogP contribution in [0.3, 0.4) is 0 Å². The van der Waals surface area contributed by atoms with E-state index in [-0.39, 0.29) is 8.80 Å². The lowest BCUT2D eigenvalue weighted by Gasteiger charge is -2.18. The van der Waals surface area contributed by atoms with Gasteiger partial charge in [0.1, 0.15) is 0 Å². The van der Waals surface area contributed by atoms with Crippen LogP contribution in [0, 0.1) is 0 Å². The Bertz CT molecular complexity index is 195. The van der Waals surface area contributed by atoms with Gasteiger partial charge >= 0.3 is 0 Å². The molecule has 2 rings (SSSR count). The van der Waals surface area contributed by atoms with Gasteiger partial charge in [-0.1, -0.05) is 44.2 Å². The highest BCUT2D eigenvalue weighted by atomic mass is 28.3. The maximum absolute atomic E-state index is 4.91. The third-order valence-electron chi connectivity index (χ3n) is 3.64. The highest BCUT2D eigenvalue weighted by molar-refractivity contribution is 6.61. The average molecular weight is 289 g/mol. The van der Waals surface area contributed by atoms with Crippen molar-refractivity contribution in [2.24, 2.45) is 0 Å². The zero-order valence-corrected chi connectivity index (χ0v) is 14.1. The molecule has 114 valence electrons. The van der Waals surface area contributed by atoms with E-state index in [1.165, 1.54) is 5.54 Å². The van der Waals surface area contributed by atoms with E-state index >= 15 is 0 Å². The van der Waals surface area contributed by atoms with Gasteiger partial charge in [0, 0.05) is 8.80 Å². The molecule has 1 heterocycles. The Labute approximate surface area is 119 Å². The molecule has 19 heavy (non-hydrogen) atoms. The molecule has 1 saturated carbocycles. The first-order chi connectivity index (χ1) is 9.31. The minimum Gasteiger partial charge on any atom is -0.251 e. The Hall–Kier alpha value is 0.0569. The summed E-state index contributed by atoms with van der Waals surface area (Å²) in [5.74, 6) is 0. The molecule has 1 aliphatic carbocycles. The highest BCUT2D eigenvalue weighted by Gasteiger charge is 2.32. The first-order valence-electron chi connectivity index (χ1n) is 8.00. The van der Waals surface area contributed by atoms with Crippen LogP contribution in [0.2, 0.25) is 17.6 Å². The van der Waals surface area contributed by atoms with Crippen molar-refractivity contribution < 1.29 is 14.5 Å². The molecule has 5 heteroatoms. The summed E-state index contributed by atoms with van der Waals surface area (Å²) in [5, 5.41) is 1.04. The molecule has 0 amide bonds. The molecule has 1 aliphatic heterocycles. The van der Waals surface area contributed by atoms with Gasteiger partial charge in [-0.15, -0.1) is 0 Å². The summed E-state index contributed by atoms with van der Waals surface area (Å²) in [6.07, 6.45) is 7.98. The predicted molar refractivity (Wildman–Crippen MR) is 80.3 cm³/mol. The zero-order chi connectivity index (χ0) is 13.9. The largest absolute Gasteiger partial charge is 0.251 e. The summed E-state index contributed by atoms with van der Waals surface area (Å²) in [4.78, 5) is 14.7. The second kappa shape index (κ2) is 10.8. The minimum atomic E-state index is -0.0883. The Balaban J connectivity index is 0.000000190. The van der Waals surface area contributed by atoms with Gasteiger partial charge in [0.05, 0.1) is 25.2 Å². The number of hydrogen-bond donors (Lipinski definition) is 0. The van der Waals surface area contributed by atoms with E-state index in [1.54, 1.807) is 44.2 Å². The topological polar surface area (TPSA) is 30.9 Å². The van der Waals surface area contributed by atoms with Gasteiger partial charge in [0.25, 0.3) is 0 Å². The summed E-state index contributed by atoms with van der Waals surface area (Å²) < 4.78 is 0. The molecule has 0 radical (unpaired) electrons. The van der Waals surface area contributed by atoms with Crippen LogP contribution in [-0.2, 0) is 14.5 Å². The van der Waals surface area contributed by atoms with Gasteiger partial charge in [0.15, 0.2) is 0 Å². The van der Waals surface area contributed by atoms with Crippen molar-refractivity contribution in [2.75, 3.05) is 19.8 Å². The standard InChI is InChI=1S/C8H16Si.C6H15NO3/c1-2-6-9(7-3-1)8-4-5-8;1-4-8-7(9-5-2)10-6-3/h8-9H,1-7H2;4-6H2,1-3H3. The first kappa shape index (κ1) is 17.1. The van der Waals surface area contributed by atoms with Gasteiger partial charge in [-0.05, 0) is 26.3 Å². The van der Waals surface area contributed by atoms with Crippen molar-refractivity contribution in [3.8, 4) is 0 Å². The van der Waals surface area contributed by atoms with Crippen LogP contribution in [-0.4, -0.2) is 34.0 Å². The smallest absolute Gasteiger partial charge is 0.0766 e. The van der Waals surface area contributed by atoms with Gasteiger partial charge in [-0.25, -0.2) is 0 Å². The van der Waals surface area contributed by atoms with Crippen LogP contribution >= 0.6 is 0 Å². The van der Waals surface area contributed by atoms with Crippen molar-refractivity contribution in [3.63, 3.8) is 0 Å². The van der Waals surface area contributed by atoms with Crippen LogP contribution < -0.4 is 0 Å². The lowest BCUT2D eigenvalue weighted by atomic mass is 10.3. The van der Waals surface area contributed by atoms with E-state index in [1.807, 2.05) is 20.8 Å². The van der Waals surface area contributed by atoms with E-state index in [2.05, 4.69) is 0 Å². The summed E-state index contributed by atoms with van der Waals surface area (Å²) in [6.45, 7) is 7.22. The molecule has 2 aliphatic rings. The van der Waals surface area contributed by atoms with E-state index < -0.39 is 0 Å². The van der Waals surface area contributed by atoms with Crippen molar-refractivity contribution in [3.05, 3.63) is 0 Å². The maximum Gasteiger partial charge on any atom is 0.0766 e. The SMILES string of the molecule is C1CC[SiH](C2CC2)CC1.CCON(OCC)OCC. The quantitative estimate of drug-likeness (QED) is 0.528. The van der Waals surface area contributed by atoms with Crippen molar-refractivity contribution >= 4 is 8.80 Å². The third kappa shape index (κ3) is 8.04. The van der Waals surface area contributed by atoms with E-state index in [9.17, 15) is 0 Å². The molecule has 0 spiro atoms. The van der Waals surface area contributed by atoms with E-state index in [4.69, 9.17) is 14.5 Å². The van der Waals surface area contributed by atoms with Gasteiger partial charge in [-0.3, -0.25) is 14.5 Å². The van der Waals surface area contributed by atoms with Crippen LogP contribution in [0.4, 0.5) is 0 Å². The fraction of sp³-hybridized carbons (Fsp3) is 1.00. The van der Waals surface area contributed by atoms with Crippen LogP contribution in [0.5, 0.6) is 0 Å². The average Bonchev–Trinajstić information content (AvgIpc) is 3.26. The Morgan fingerprint density at radius 3 is 1.68 bits per heavy atom. The molecule has 2 fully saturated rings. The first-order valence-corrected chi connectivity index (χ1v) is 10.3. The normalized spacial score (nSPS) is 20.2. The number of hydrogen-bond acceptors (Lipinski definition) is 4. The van der Waals surface area contributed by atoms with Crippen LogP contribution in [0.25, 0.3) is 0 Å². The van der Waals surface area contributed by atoms with Gasteiger partial charge in [0.2, 0.25) is 0 Å². The maximum atomic E-state index is 4.91. The van der Waals surface area contributed by atoms with Crippen molar-refractivity contribution in [1.82, 2.24) is 5.39 Å². The van der Waals surface area contributed by atoms with E-state index in [0.29, 0.717) is 19.8 Å². The minimum absolute atomic E-state index is 0.0883. The van der Waals surface area contributed by atoms with Crippen LogP contribution in [0.1, 0.15) is 52.9 Å². The molecule has 0 atom stereocenters. The lowest BCUT2D eigenvalue weighted by Crippen LogP contribution is -2.24. The summed E-state index contributed by atoms with van der Waals surface area (Å²) >= 11 is 0. The second-order valence-corrected chi connectivity index (χ2v) is 8.83. The summed E-state index contributed by atoms with van der Waals surface area (Å²) in [7, 11) is -0.0883. The third-order valence-corrected chi connectivity index (χ3v) is 7.94. The molecular formula is C14H31NO3Si. The summed E-state index contributed by atoms with van der Waals surface area (Å²) in [5.41, 5.74) is 1.32. The highest BCUT2D eigenvalue weighted by Crippen LogP contribution is 2.44. The lowest BCUT2D eigenvalue weighted by molar-refractivity contribution is -0.523. The fourth-order valence-electron chi connectivity index (χ4n) is 2.60. The fourth-order valence-corrected chi connectivity index (χ4v) is 6.59. The Morgan fingerprint density at radius 1 is 0.842 bits per heavy atom. The van der Waals surface area contributed by atoms with Gasteiger partial charge in [-0.2, -0.15) is 0 Å². The molecule has 1 saturated heterocycles. The zero-order valence-electron chi connectivity index (χ0n) is 12.9. The molecular weight excluding hydrogens is 258 g/mol. The molecule has 0 aromatic rings. The van der Waals surface area contributed by atoms with Crippen molar-refractivity contribution in [2.45, 2.75) is 70.5 Å². The molecule has 0 unspecified atom stereocenters. The predicted octanol–water partition coefficient (Wildman–Crippen LogP) is 3.70. The number of rotatable bonds is 7. The summed E-state index contributed by atoms with van der Waals surface area (Å²) in [6, 6.07) is 3.40. The molecule has 0 aromatic heterocycles. The van der Waals surface area contributed by atoms with Crippen molar-refractivity contribution in [1.29, 1.82) is 0 Å². The second-order valence-electron chi connectivity index (χ2n) is 5.21. The molecule has 0 N–H and O–H groups in total. The number of nitrogens with zero attached hydrogens (tertiary/aromatic N) is 1. The monoisotopic (exact) mass is 289 g/mol. The molecule has 4 nitrogen and oxygen atoms in total. The Kier molecular flexibility index (Phi) is 9.72. The Morgan fingerprint density at radius 2 is 1.32 bits per heavy atom. The molecule has 0 aromatic carbocycles.